The number of nitrogens with zero attached hydrogens (tertiary/aromatic N) is 2. The summed E-state index contributed by atoms with van der Waals surface area (Å²) in [6.45, 7) is 4.20. The van der Waals surface area contributed by atoms with Crippen molar-refractivity contribution >= 4 is 44.9 Å². The monoisotopic (exact) mass is 389 g/mol. The highest BCUT2D eigenvalue weighted by atomic mass is 32.2. The van der Waals surface area contributed by atoms with E-state index in [0.717, 1.165) is 0 Å². The van der Waals surface area contributed by atoms with Gasteiger partial charge in [-0.05, 0) is 37.4 Å². The lowest BCUT2D eigenvalue weighted by molar-refractivity contribution is -0.115. The van der Waals surface area contributed by atoms with Crippen molar-refractivity contribution in [1.29, 1.82) is 0 Å². The van der Waals surface area contributed by atoms with Crippen LogP contribution in [0, 0.1) is 0 Å². The van der Waals surface area contributed by atoms with Gasteiger partial charge in [-0.3, -0.25) is 14.2 Å². The van der Waals surface area contributed by atoms with Crippen molar-refractivity contribution < 1.29 is 9.53 Å². The van der Waals surface area contributed by atoms with Crippen LogP contribution in [0.25, 0.3) is 10.2 Å². The Morgan fingerprint density at radius 3 is 2.92 bits per heavy atom. The molecular formula is C18H19N3O3S2. The first kappa shape index (κ1) is 18.5. The molecular weight excluding hydrogens is 370 g/mol. The van der Waals surface area contributed by atoms with Crippen molar-refractivity contribution in [2.24, 2.45) is 7.05 Å². The maximum Gasteiger partial charge on any atom is 0.271 e. The molecule has 1 N–H and O–H groups in total. The first-order valence-electron chi connectivity index (χ1n) is 8.14. The quantitative estimate of drug-likeness (QED) is 0.516. The molecule has 0 saturated heterocycles. The van der Waals surface area contributed by atoms with Gasteiger partial charge in [0.15, 0.2) is 5.16 Å². The normalized spacial score (nSPS) is 12.1. The minimum atomic E-state index is -0.432. The number of thiophene rings is 1. The number of hydrogen-bond acceptors (Lipinski definition) is 6. The van der Waals surface area contributed by atoms with E-state index in [-0.39, 0.29) is 11.5 Å². The van der Waals surface area contributed by atoms with Crippen LogP contribution in [0.1, 0.15) is 13.8 Å². The summed E-state index contributed by atoms with van der Waals surface area (Å²) in [4.78, 5) is 29.5. The van der Waals surface area contributed by atoms with E-state index in [2.05, 4.69) is 10.3 Å². The molecule has 26 heavy (non-hydrogen) atoms. The van der Waals surface area contributed by atoms with Crippen LogP contribution in [-0.2, 0) is 11.8 Å². The van der Waals surface area contributed by atoms with Crippen molar-refractivity contribution in [3.8, 4) is 5.75 Å². The van der Waals surface area contributed by atoms with Gasteiger partial charge in [0.1, 0.15) is 10.4 Å². The average molecular weight is 390 g/mol. The lowest BCUT2D eigenvalue weighted by Crippen LogP contribution is -2.25. The molecule has 0 spiro atoms. The highest BCUT2D eigenvalue weighted by Gasteiger charge is 2.19. The van der Waals surface area contributed by atoms with Gasteiger partial charge in [0.05, 0.1) is 23.1 Å². The van der Waals surface area contributed by atoms with Crippen LogP contribution in [0.5, 0.6) is 5.75 Å². The molecule has 0 fully saturated rings. The fraction of sp³-hybridized carbons (Fsp3) is 0.278. The van der Waals surface area contributed by atoms with Crippen molar-refractivity contribution in [3.63, 3.8) is 0 Å². The molecule has 3 rings (SSSR count). The number of fused-ring (bicyclic) bond motifs is 1. The summed E-state index contributed by atoms with van der Waals surface area (Å²) in [5, 5.41) is 4.81. The number of carbonyl (C=O) groups excluding carboxylic acids is 1. The van der Waals surface area contributed by atoms with Gasteiger partial charge in [-0.25, -0.2) is 4.98 Å². The first-order chi connectivity index (χ1) is 12.5. The van der Waals surface area contributed by atoms with E-state index in [0.29, 0.717) is 33.4 Å². The largest absolute Gasteiger partial charge is 0.492 e. The van der Waals surface area contributed by atoms with Gasteiger partial charge in [0.2, 0.25) is 5.91 Å². The van der Waals surface area contributed by atoms with Crippen molar-refractivity contribution in [2.45, 2.75) is 24.3 Å². The molecule has 0 aliphatic rings. The molecule has 2 heterocycles. The smallest absolute Gasteiger partial charge is 0.271 e. The molecule has 3 aromatic rings. The van der Waals surface area contributed by atoms with E-state index in [1.165, 1.54) is 27.7 Å². The summed E-state index contributed by atoms with van der Waals surface area (Å²) in [7, 11) is 1.67. The number of ether oxygens (including phenoxy) is 1. The molecule has 136 valence electrons. The van der Waals surface area contributed by atoms with Gasteiger partial charge in [-0.1, -0.05) is 23.9 Å². The van der Waals surface area contributed by atoms with Gasteiger partial charge in [0, 0.05) is 7.05 Å². The molecule has 1 unspecified atom stereocenters. The topological polar surface area (TPSA) is 73.2 Å². The Labute approximate surface area is 159 Å². The molecule has 1 amide bonds. The van der Waals surface area contributed by atoms with Crippen molar-refractivity contribution in [1.82, 2.24) is 9.55 Å². The van der Waals surface area contributed by atoms with Crippen LogP contribution in [0.15, 0.2) is 45.7 Å². The number of aromatic nitrogens is 2. The van der Waals surface area contributed by atoms with E-state index < -0.39 is 5.25 Å². The first-order valence-corrected chi connectivity index (χ1v) is 9.90. The SMILES string of the molecule is CCOc1ccccc1NC(=O)C(C)Sc1nc2ccsc2c(=O)n1C. The minimum Gasteiger partial charge on any atom is -0.492 e. The maximum absolute atomic E-state index is 12.6. The number of para-hydroxylation sites is 2. The predicted molar refractivity (Wildman–Crippen MR) is 106 cm³/mol. The summed E-state index contributed by atoms with van der Waals surface area (Å²) < 4.78 is 7.64. The summed E-state index contributed by atoms with van der Waals surface area (Å²) in [5.74, 6) is 0.451. The average Bonchev–Trinajstić information content (AvgIpc) is 3.09. The summed E-state index contributed by atoms with van der Waals surface area (Å²) in [6.07, 6.45) is 0. The number of benzene rings is 1. The summed E-state index contributed by atoms with van der Waals surface area (Å²) in [5.41, 5.74) is 1.19. The van der Waals surface area contributed by atoms with Gasteiger partial charge in [0.25, 0.3) is 5.56 Å². The summed E-state index contributed by atoms with van der Waals surface area (Å²) >= 11 is 2.62. The Morgan fingerprint density at radius 1 is 1.38 bits per heavy atom. The minimum absolute atomic E-state index is 0.0956. The number of hydrogen-bond donors (Lipinski definition) is 1. The fourth-order valence-electron chi connectivity index (χ4n) is 2.37. The molecule has 0 radical (unpaired) electrons. The van der Waals surface area contributed by atoms with E-state index in [1.54, 1.807) is 20.0 Å². The predicted octanol–water partition coefficient (Wildman–Crippen LogP) is 3.51. The van der Waals surface area contributed by atoms with Crippen LogP contribution in [0.4, 0.5) is 5.69 Å². The standard InChI is InChI=1S/C18H19N3O3S2/c1-4-24-14-8-6-5-7-12(14)19-16(22)11(2)26-18-20-13-9-10-25-15(13)17(23)21(18)3/h5-11H,4H2,1-3H3,(H,19,22). The number of thioether (sulfide) groups is 1. The van der Waals surface area contributed by atoms with Gasteiger partial charge >= 0.3 is 0 Å². The molecule has 0 aliphatic heterocycles. The van der Waals surface area contributed by atoms with E-state index in [1.807, 2.05) is 36.6 Å². The Morgan fingerprint density at radius 2 is 2.15 bits per heavy atom. The number of anilines is 1. The zero-order valence-electron chi connectivity index (χ0n) is 14.7. The molecule has 2 aromatic heterocycles. The van der Waals surface area contributed by atoms with Crippen LogP contribution in [0.3, 0.4) is 0 Å². The highest BCUT2D eigenvalue weighted by molar-refractivity contribution is 8.00. The lowest BCUT2D eigenvalue weighted by Gasteiger charge is -2.15. The third kappa shape index (κ3) is 3.76. The molecule has 1 aromatic carbocycles. The van der Waals surface area contributed by atoms with Crippen molar-refractivity contribution in [2.75, 3.05) is 11.9 Å². The molecule has 0 aliphatic carbocycles. The van der Waals surface area contributed by atoms with Gasteiger partial charge in [-0.15, -0.1) is 11.3 Å². The van der Waals surface area contributed by atoms with Crippen LogP contribution >= 0.6 is 23.1 Å². The number of carbonyl (C=O) groups is 1. The zero-order valence-corrected chi connectivity index (χ0v) is 16.3. The second kappa shape index (κ2) is 7.92. The lowest BCUT2D eigenvalue weighted by atomic mass is 10.3. The van der Waals surface area contributed by atoms with Crippen LogP contribution in [-0.4, -0.2) is 27.3 Å². The number of nitrogens with one attached hydrogen (secondary N) is 1. The third-order valence-corrected chi connectivity index (χ3v) is 5.78. The van der Waals surface area contributed by atoms with E-state index in [9.17, 15) is 9.59 Å². The molecule has 6 nitrogen and oxygen atoms in total. The molecule has 0 saturated carbocycles. The Balaban J connectivity index is 1.78. The zero-order chi connectivity index (χ0) is 18.7. The van der Waals surface area contributed by atoms with Crippen LogP contribution in [0.2, 0.25) is 0 Å². The maximum atomic E-state index is 12.6. The molecule has 0 bridgehead atoms. The number of amides is 1. The van der Waals surface area contributed by atoms with E-state index in [4.69, 9.17) is 4.74 Å². The highest BCUT2D eigenvalue weighted by Crippen LogP contribution is 2.27. The van der Waals surface area contributed by atoms with Crippen molar-refractivity contribution in [3.05, 3.63) is 46.1 Å². The van der Waals surface area contributed by atoms with Gasteiger partial charge in [-0.2, -0.15) is 0 Å². The fourth-order valence-corrected chi connectivity index (χ4v) is 4.05. The number of rotatable bonds is 6. The molecule has 1 atom stereocenters. The van der Waals surface area contributed by atoms with Gasteiger partial charge < -0.3 is 10.1 Å². The summed E-state index contributed by atoms with van der Waals surface area (Å²) in [6, 6.07) is 9.12. The Hall–Kier alpha value is -2.32. The molecule has 8 heteroatoms. The second-order valence-electron chi connectivity index (χ2n) is 5.57. The van der Waals surface area contributed by atoms with Crippen LogP contribution < -0.4 is 15.6 Å². The van der Waals surface area contributed by atoms with E-state index >= 15 is 0 Å². The second-order valence-corrected chi connectivity index (χ2v) is 7.80. The Bertz CT molecular complexity index is 997. The third-order valence-electron chi connectivity index (χ3n) is 3.74. The Kier molecular flexibility index (Phi) is 5.63.